The Morgan fingerprint density at radius 3 is 2.63 bits per heavy atom. The molecule has 0 unspecified atom stereocenters. The minimum atomic E-state index is -0.906. The van der Waals surface area contributed by atoms with Crippen LogP contribution < -0.4 is 15.6 Å². The van der Waals surface area contributed by atoms with Gasteiger partial charge < -0.3 is 4.74 Å². The molecule has 0 bridgehead atoms. The molecule has 5 nitrogen and oxygen atoms in total. The average Bonchev–Trinajstić information content (AvgIpc) is 3.22. The monoisotopic (exact) mass is 266 g/mol. The van der Waals surface area contributed by atoms with E-state index in [-0.39, 0.29) is 17.6 Å². The van der Waals surface area contributed by atoms with Crippen LogP contribution in [-0.2, 0) is 9.59 Å². The van der Waals surface area contributed by atoms with Gasteiger partial charge in [-0.15, -0.1) is 0 Å². The third-order valence-corrected chi connectivity index (χ3v) is 2.77. The van der Waals surface area contributed by atoms with Gasteiger partial charge in [-0.05, 0) is 31.9 Å². The number of rotatable bonds is 4. The third-order valence-electron chi connectivity index (χ3n) is 2.77. The first kappa shape index (κ1) is 13.3. The largest absolute Gasteiger partial charge is 0.478 e. The summed E-state index contributed by atoms with van der Waals surface area (Å²) in [4.78, 5) is 23.0. The van der Waals surface area contributed by atoms with Crippen LogP contribution in [0.2, 0.25) is 0 Å². The Hall–Kier alpha value is -2.11. The highest BCUT2D eigenvalue weighted by Crippen LogP contribution is 2.28. The Morgan fingerprint density at radius 2 is 2.00 bits per heavy atom. The van der Waals surface area contributed by atoms with Crippen LogP contribution in [0.25, 0.3) is 0 Å². The van der Waals surface area contributed by atoms with Crippen molar-refractivity contribution in [2.75, 3.05) is 0 Å². The molecular formula is C13H15FN2O3. The van der Waals surface area contributed by atoms with E-state index in [1.165, 1.54) is 25.1 Å². The van der Waals surface area contributed by atoms with E-state index in [1.54, 1.807) is 6.07 Å². The summed E-state index contributed by atoms with van der Waals surface area (Å²) < 4.78 is 18.5. The van der Waals surface area contributed by atoms with Crippen molar-refractivity contribution in [3.63, 3.8) is 0 Å². The number of para-hydroxylation sites is 1. The SMILES string of the molecule is C[C@H](Oc1ccccc1F)C(=O)NNC(=O)C1CC1. The highest BCUT2D eigenvalue weighted by molar-refractivity contribution is 5.86. The highest BCUT2D eigenvalue weighted by Gasteiger charge is 2.30. The van der Waals surface area contributed by atoms with Crippen molar-refractivity contribution in [1.82, 2.24) is 10.9 Å². The number of hydrogen-bond acceptors (Lipinski definition) is 3. The van der Waals surface area contributed by atoms with Crippen LogP contribution in [0.1, 0.15) is 19.8 Å². The average molecular weight is 266 g/mol. The van der Waals surface area contributed by atoms with Crippen LogP contribution in [0.4, 0.5) is 4.39 Å². The van der Waals surface area contributed by atoms with Crippen LogP contribution in [-0.4, -0.2) is 17.9 Å². The maximum Gasteiger partial charge on any atom is 0.279 e. The number of hydrazine groups is 1. The van der Waals surface area contributed by atoms with Gasteiger partial charge in [0.15, 0.2) is 17.7 Å². The van der Waals surface area contributed by atoms with E-state index in [4.69, 9.17) is 4.74 Å². The predicted molar refractivity (Wildman–Crippen MR) is 65.5 cm³/mol. The van der Waals surface area contributed by atoms with Crippen molar-refractivity contribution in [2.24, 2.45) is 5.92 Å². The second kappa shape index (κ2) is 5.69. The molecule has 1 atom stereocenters. The predicted octanol–water partition coefficient (Wildman–Crippen LogP) is 1.15. The fourth-order valence-electron chi connectivity index (χ4n) is 1.46. The molecule has 0 aromatic heterocycles. The molecule has 19 heavy (non-hydrogen) atoms. The number of nitrogens with one attached hydrogen (secondary N) is 2. The molecule has 0 heterocycles. The molecule has 6 heteroatoms. The van der Waals surface area contributed by atoms with E-state index >= 15 is 0 Å². The lowest BCUT2D eigenvalue weighted by atomic mass is 10.3. The van der Waals surface area contributed by atoms with Gasteiger partial charge in [0.1, 0.15) is 0 Å². The lowest BCUT2D eigenvalue weighted by molar-refractivity contribution is -0.133. The van der Waals surface area contributed by atoms with Crippen molar-refractivity contribution in [3.8, 4) is 5.75 Å². The lowest BCUT2D eigenvalue weighted by Gasteiger charge is -2.15. The number of carbonyl (C=O) groups excluding carboxylic acids is 2. The number of halogens is 1. The Bertz CT molecular complexity index is 489. The van der Waals surface area contributed by atoms with Crippen LogP contribution >= 0.6 is 0 Å². The molecule has 1 saturated carbocycles. The Labute approximate surface area is 110 Å². The second-order valence-corrected chi connectivity index (χ2v) is 4.44. The van der Waals surface area contributed by atoms with Gasteiger partial charge in [0.25, 0.3) is 5.91 Å². The lowest BCUT2D eigenvalue weighted by Crippen LogP contribution is -2.47. The Balaban J connectivity index is 1.81. The molecule has 0 spiro atoms. The first-order valence-corrected chi connectivity index (χ1v) is 6.09. The van der Waals surface area contributed by atoms with Gasteiger partial charge in [-0.1, -0.05) is 12.1 Å². The summed E-state index contributed by atoms with van der Waals surface area (Å²) in [6.07, 6.45) is 0.794. The van der Waals surface area contributed by atoms with Gasteiger partial charge in [-0.3, -0.25) is 20.4 Å². The fourth-order valence-corrected chi connectivity index (χ4v) is 1.46. The number of carbonyl (C=O) groups is 2. The Morgan fingerprint density at radius 1 is 1.32 bits per heavy atom. The molecule has 1 aromatic rings. The first-order chi connectivity index (χ1) is 9.08. The molecule has 0 saturated heterocycles. The summed E-state index contributed by atoms with van der Waals surface area (Å²) >= 11 is 0. The maximum atomic E-state index is 13.3. The quantitative estimate of drug-likeness (QED) is 0.803. The molecule has 1 aromatic carbocycles. The van der Waals surface area contributed by atoms with Crippen molar-refractivity contribution < 1.29 is 18.7 Å². The smallest absolute Gasteiger partial charge is 0.279 e. The summed E-state index contributed by atoms with van der Waals surface area (Å²) in [6.45, 7) is 1.48. The number of amides is 2. The normalized spacial score (nSPS) is 15.5. The van der Waals surface area contributed by atoms with E-state index < -0.39 is 17.8 Å². The Kier molecular flexibility index (Phi) is 3.99. The van der Waals surface area contributed by atoms with Gasteiger partial charge in [-0.2, -0.15) is 0 Å². The molecule has 1 aliphatic rings. The zero-order chi connectivity index (χ0) is 13.8. The van der Waals surface area contributed by atoms with Crippen molar-refractivity contribution in [3.05, 3.63) is 30.1 Å². The standard InChI is InChI=1S/C13H15FN2O3/c1-8(19-11-5-3-2-4-10(11)14)12(17)15-16-13(18)9-6-7-9/h2-5,8-9H,6-7H2,1H3,(H,15,17)(H,16,18)/t8-/m0/s1. The molecule has 1 aliphatic carbocycles. The zero-order valence-electron chi connectivity index (χ0n) is 10.5. The molecule has 102 valence electrons. The minimum absolute atomic E-state index is 0.00123. The van der Waals surface area contributed by atoms with Gasteiger partial charge in [0, 0.05) is 5.92 Å². The first-order valence-electron chi connectivity index (χ1n) is 6.09. The van der Waals surface area contributed by atoms with Crippen molar-refractivity contribution in [2.45, 2.75) is 25.9 Å². The molecule has 1 fully saturated rings. The van der Waals surface area contributed by atoms with E-state index in [1.807, 2.05) is 0 Å². The van der Waals surface area contributed by atoms with Gasteiger partial charge in [0.05, 0.1) is 0 Å². The van der Waals surface area contributed by atoms with E-state index in [0.29, 0.717) is 0 Å². The summed E-state index contributed by atoms with van der Waals surface area (Å²) in [5.41, 5.74) is 4.57. The van der Waals surface area contributed by atoms with Gasteiger partial charge >= 0.3 is 0 Å². The van der Waals surface area contributed by atoms with E-state index in [0.717, 1.165) is 12.8 Å². The minimum Gasteiger partial charge on any atom is -0.478 e. The van der Waals surface area contributed by atoms with Crippen molar-refractivity contribution >= 4 is 11.8 Å². The summed E-state index contributed by atoms with van der Waals surface area (Å²) in [5, 5.41) is 0. The summed E-state index contributed by atoms with van der Waals surface area (Å²) in [7, 11) is 0. The van der Waals surface area contributed by atoms with E-state index in [9.17, 15) is 14.0 Å². The van der Waals surface area contributed by atoms with Gasteiger partial charge in [0.2, 0.25) is 5.91 Å². The molecular weight excluding hydrogens is 251 g/mol. The van der Waals surface area contributed by atoms with Crippen molar-refractivity contribution in [1.29, 1.82) is 0 Å². The molecule has 2 amide bonds. The van der Waals surface area contributed by atoms with Crippen LogP contribution in [0.3, 0.4) is 0 Å². The molecule has 2 N–H and O–H groups in total. The highest BCUT2D eigenvalue weighted by atomic mass is 19.1. The van der Waals surface area contributed by atoms with Crippen LogP contribution in [0, 0.1) is 11.7 Å². The topological polar surface area (TPSA) is 67.4 Å². The second-order valence-electron chi connectivity index (χ2n) is 4.44. The van der Waals surface area contributed by atoms with Gasteiger partial charge in [-0.25, -0.2) is 4.39 Å². The third kappa shape index (κ3) is 3.67. The number of ether oxygens (including phenoxy) is 1. The van der Waals surface area contributed by atoms with E-state index in [2.05, 4.69) is 10.9 Å². The van der Waals surface area contributed by atoms with Crippen LogP contribution in [0.5, 0.6) is 5.75 Å². The zero-order valence-corrected chi connectivity index (χ0v) is 10.5. The number of hydrogen-bond donors (Lipinski definition) is 2. The molecule has 0 aliphatic heterocycles. The maximum absolute atomic E-state index is 13.3. The summed E-state index contributed by atoms with van der Waals surface area (Å²) in [5.74, 6) is -1.27. The molecule has 2 rings (SSSR count). The summed E-state index contributed by atoms with van der Waals surface area (Å²) in [6, 6.07) is 5.82. The number of benzene rings is 1. The fraction of sp³-hybridized carbons (Fsp3) is 0.385. The molecule has 0 radical (unpaired) electrons. The van der Waals surface area contributed by atoms with Crippen LogP contribution in [0.15, 0.2) is 24.3 Å².